The fourth-order valence-corrected chi connectivity index (χ4v) is 2.22. The molecule has 1 amide bonds. The number of nitrogens with two attached hydrogens (primary N) is 1. The maximum absolute atomic E-state index is 11.9. The molecule has 1 aromatic heterocycles. The molecule has 18 heavy (non-hydrogen) atoms. The van der Waals surface area contributed by atoms with Crippen molar-refractivity contribution in [2.45, 2.75) is 6.92 Å². The lowest BCUT2D eigenvalue weighted by molar-refractivity contribution is 0.101. The van der Waals surface area contributed by atoms with Crippen molar-refractivity contribution in [3.05, 3.63) is 46.2 Å². The minimum Gasteiger partial charge on any atom is -0.397 e. The molecule has 0 aliphatic carbocycles. The molecule has 2 rings (SSSR count). The lowest BCUT2D eigenvalue weighted by atomic mass is 10.1. The minimum atomic E-state index is -0.261. The van der Waals surface area contributed by atoms with E-state index in [9.17, 15) is 9.59 Å². The smallest absolute Gasteiger partial charge is 0.267 e. The molecule has 1 heterocycles. The van der Waals surface area contributed by atoms with Crippen molar-refractivity contribution in [2.75, 3.05) is 11.1 Å². The molecule has 0 saturated heterocycles. The Morgan fingerprint density at radius 1 is 1.28 bits per heavy atom. The van der Waals surface area contributed by atoms with Gasteiger partial charge in [-0.25, -0.2) is 0 Å². The molecular weight excluding hydrogens is 248 g/mol. The largest absolute Gasteiger partial charge is 0.397 e. The maximum Gasteiger partial charge on any atom is 0.267 e. The lowest BCUT2D eigenvalue weighted by Crippen LogP contribution is -2.12. The van der Waals surface area contributed by atoms with Crippen LogP contribution in [-0.4, -0.2) is 11.7 Å². The minimum absolute atomic E-state index is 0.0401. The predicted molar refractivity (Wildman–Crippen MR) is 73.1 cm³/mol. The molecule has 0 saturated carbocycles. The van der Waals surface area contributed by atoms with Gasteiger partial charge in [0.15, 0.2) is 5.78 Å². The number of nitrogen functional groups attached to an aromatic ring is 1. The van der Waals surface area contributed by atoms with Crippen LogP contribution < -0.4 is 11.1 Å². The number of anilines is 2. The molecule has 0 bridgehead atoms. The third-order valence-electron chi connectivity index (χ3n) is 2.43. The molecule has 0 aliphatic heterocycles. The number of Topliss-reactive ketones (excluding diaryl/α,β-unsaturated/α-hetero) is 1. The highest BCUT2D eigenvalue weighted by atomic mass is 32.1. The van der Waals surface area contributed by atoms with Crippen molar-refractivity contribution in [2.24, 2.45) is 0 Å². The molecule has 5 heteroatoms. The number of rotatable bonds is 3. The molecule has 0 fully saturated rings. The summed E-state index contributed by atoms with van der Waals surface area (Å²) in [6.45, 7) is 1.48. The second-order valence-corrected chi connectivity index (χ2v) is 4.71. The van der Waals surface area contributed by atoms with Crippen LogP contribution in [0.1, 0.15) is 27.0 Å². The molecular formula is C13H12N2O2S. The maximum atomic E-state index is 11.9. The molecule has 2 aromatic rings. The normalized spacial score (nSPS) is 10.1. The van der Waals surface area contributed by atoms with Crippen molar-refractivity contribution in [1.29, 1.82) is 0 Å². The van der Waals surface area contributed by atoms with Gasteiger partial charge in [0.2, 0.25) is 0 Å². The Kier molecular flexibility index (Phi) is 3.43. The zero-order chi connectivity index (χ0) is 13.1. The Morgan fingerprint density at radius 2 is 2.06 bits per heavy atom. The number of thiophene rings is 1. The highest BCUT2D eigenvalue weighted by Gasteiger charge is 2.11. The first-order valence-corrected chi connectivity index (χ1v) is 6.21. The second kappa shape index (κ2) is 5.01. The predicted octanol–water partition coefficient (Wildman–Crippen LogP) is 2.79. The Hall–Kier alpha value is -2.14. The SMILES string of the molecule is CC(=O)c1cccc(NC(=O)c2sccc2N)c1. The van der Waals surface area contributed by atoms with Gasteiger partial charge in [-0.3, -0.25) is 9.59 Å². The Balaban J connectivity index is 2.20. The average Bonchev–Trinajstić information content (AvgIpc) is 2.76. The van der Waals surface area contributed by atoms with Gasteiger partial charge < -0.3 is 11.1 Å². The first-order valence-electron chi connectivity index (χ1n) is 5.33. The van der Waals surface area contributed by atoms with Gasteiger partial charge in [0.1, 0.15) is 4.88 Å². The van der Waals surface area contributed by atoms with Gasteiger partial charge in [0.25, 0.3) is 5.91 Å². The van der Waals surface area contributed by atoms with E-state index in [-0.39, 0.29) is 11.7 Å². The monoisotopic (exact) mass is 260 g/mol. The van der Waals surface area contributed by atoms with Gasteiger partial charge >= 0.3 is 0 Å². The van der Waals surface area contributed by atoms with E-state index in [0.29, 0.717) is 21.8 Å². The summed E-state index contributed by atoms with van der Waals surface area (Å²) < 4.78 is 0. The third kappa shape index (κ3) is 2.57. The second-order valence-electron chi connectivity index (χ2n) is 3.80. The first kappa shape index (κ1) is 12.3. The van der Waals surface area contributed by atoms with Crippen molar-refractivity contribution < 1.29 is 9.59 Å². The zero-order valence-electron chi connectivity index (χ0n) is 9.77. The van der Waals surface area contributed by atoms with Crippen molar-refractivity contribution in [1.82, 2.24) is 0 Å². The number of ketones is 1. The van der Waals surface area contributed by atoms with Gasteiger partial charge in [0.05, 0.1) is 5.69 Å². The van der Waals surface area contributed by atoms with E-state index < -0.39 is 0 Å². The van der Waals surface area contributed by atoms with Crippen LogP contribution in [0.4, 0.5) is 11.4 Å². The number of hydrogen-bond donors (Lipinski definition) is 2. The van der Waals surface area contributed by atoms with Crippen molar-refractivity contribution in [3.63, 3.8) is 0 Å². The van der Waals surface area contributed by atoms with Crippen LogP contribution in [0.15, 0.2) is 35.7 Å². The van der Waals surface area contributed by atoms with Crippen LogP contribution in [0.2, 0.25) is 0 Å². The van der Waals surface area contributed by atoms with E-state index in [4.69, 9.17) is 5.73 Å². The number of benzene rings is 1. The fourth-order valence-electron chi connectivity index (χ4n) is 1.51. The Morgan fingerprint density at radius 3 is 2.67 bits per heavy atom. The molecule has 1 aromatic carbocycles. The van der Waals surface area contributed by atoms with Crippen LogP contribution >= 0.6 is 11.3 Å². The zero-order valence-corrected chi connectivity index (χ0v) is 10.6. The van der Waals surface area contributed by atoms with Crippen LogP contribution in [0, 0.1) is 0 Å². The van der Waals surface area contributed by atoms with Crippen LogP contribution in [0.3, 0.4) is 0 Å². The number of carbonyl (C=O) groups excluding carboxylic acids is 2. The van der Waals surface area contributed by atoms with Gasteiger partial charge in [-0.1, -0.05) is 12.1 Å². The summed E-state index contributed by atoms with van der Waals surface area (Å²) in [5, 5.41) is 4.48. The Labute approximate surface area is 108 Å². The summed E-state index contributed by atoms with van der Waals surface area (Å²) in [7, 11) is 0. The number of nitrogens with one attached hydrogen (secondary N) is 1. The summed E-state index contributed by atoms with van der Waals surface area (Å²) in [6.07, 6.45) is 0. The first-order chi connectivity index (χ1) is 8.58. The van der Waals surface area contributed by atoms with E-state index in [1.807, 2.05) is 0 Å². The quantitative estimate of drug-likeness (QED) is 0.833. The summed E-state index contributed by atoms with van der Waals surface area (Å²) >= 11 is 1.28. The van der Waals surface area contributed by atoms with Crippen LogP contribution in [0.5, 0.6) is 0 Å². The van der Waals surface area contributed by atoms with Gasteiger partial charge in [-0.15, -0.1) is 11.3 Å². The van der Waals surface area contributed by atoms with E-state index in [1.165, 1.54) is 18.3 Å². The van der Waals surface area contributed by atoms with Gasteiger partial charge in [-0.05, 0) is 30.5 Å². The Bertz CT molecular complexity index is 605. The molecule has 0 radical (unpaired) electrons. The number of carbonyl (C=O) groups is 2. The standard InChI is InChI=1S/C13H12N2O2S/c1-8(16)9-3-2-4-10(7-9)15-13(17)12-11(14)5-6-18-12/h2-7H,14H2,1H3,(H,15,17). The molecule has 0 aliphatic rings. The van der Waals surface area contributed by atoms with Crippen LogP contribution in [-0.2, 0) is 0 Å². The summed E-state index contributed by atoms with van der Waals surface area (Å²) in [6, 6.07) is 8.49. The van der Waals surface area contributed by atoms with Gasteiger partial charge in [-0.2, -0.15) is 0 Å². The molecule has 3 N–H and O–H groups in total. The summed E-state index contributed by atoms with van der Waals surface area (Å²) in [5.74, 6) is -0.301. The van der Waals surface area contributed by atoms with E-state index in [2.05, 4.69) is 5.32 Å². The number of amides is 1. The molecule has 0 spiro atoms. The van der Waals surface area contributed by atoms with Crippen molar-refractivity contribution in [3.8, 4) is 0 Å². The summed E-state index contributed by atoms with van der Waals surface area (Å²) in [5.41, 5.74) is 7.27. The van der Waals surface area contributed by atoms with Gasteiger partial charge in [0, 0.05) is 11.3 Å². The molecule has 0 atom stereocenters. The highest BCUT2D eigenvalue weighted by Crippen LogP contribution is 2.20. The third-order valence-corrected chi connectivity index (χ3v) is 3.36. The molecule has 92 valence electrons. The fraction of sp³-hybridized carbons (Fsp3) is 0.0769. The molecule has 0 unspecified atom stereocenters. The topological polar surface area (TPSA) is 72.2 Å². The highest BCUT2D eigenvalue weighted by molar-refractivity contribution is 7.12. The van der Waals surface area contributed by atoms with E-state index in [1.54, 1.807) is 35.7 Å². The molecule has 4 nitrogen and oxygen atoms in total. The average molecular weight is 260 g/mol. The lowest BCUT2D eigenvalue weighted by Gasteiger charge is -2.05. The van der Waals surface area contributed by atoms with Crippen LogP contribution in [0.25, 0.3) is 0 Å². The number of hydrogen-bond acceptors (Lipinski definition) is 4. The summed E-state index contributed by atoms with van der Waals surface area (Å²) in [4.78, 5) is 23.6. The van der Waals surface area contributed by atoms with E-state index >= 15 is 0 Å². The van der Waals surface area contributed by atoms with Crippen molar-refractivity contribution >= 4 is 34.4 Å². The van der Waals surface area contributed by atoms with E-state index in [0.717, 1.165) is 0 Å².